The summed E-state index contributed by atoms with van der Waals surface area (Å²) in [7, 11) is 0. The number of imidazole rings is 1. The largest absolute Gasteiger partial charge is 0.394 e. The molecule has 1 aliphatic rings. The molecule has 0 spiro atoms. The Morgan fingerprint density at radius 2 is 2.33 bits per heavy atom. The minimum absolute atomic E-state index is 0.164. The van der Waals surface area contributed by atoms with E-state index in [9.17, 15) is 9.50 Å². The number of hydrogen-bond acceptors (Lipinski definition) is 7. The fraction of sp³-hybridized carbons (Fsp3) is 0.500. The van der Waals surface area contributed by atoms with E-state index in [-0.39, 0.29) is 5.82 Å². The number of rotatable bonds is 3. The molecule has 0 amide bonds. The lowest BCUT2D eigenvalue weighted by atomic mass is 10.1. The second kappa shape index (κ2) is 5.13. The minimum Gasteiger partial charge on any atom is -0.394 e. The van der Waals surface area contributed by atoms with Crippen LogP contribution in [0.1, 0.15) is 6.23 Å². The van der Waals surface area contributed by atoms with E-state index >= 15 is 0 Å². The SMILES string of the molecule is [N-]=[N+]=NC1C(F)[C@H](n2cnc3c(N)ncnc32)O[C@@H]1CO. The molecular weight excluding hydrogens is 283 g/mol. The number of hydrogen-bond donors (Lipinski definition) is 2. The molecule has 10 nitrogen and oxygen atoms in total. The molecule has 3 rings (SSSR count). The van der Waals surface area contributed by atoms with Crippen molar-refractivity contribution in [3.63, 3.8) is 0 Å². The van der Waals surface area contributed by atoms with Gasteiger partial charge in [0.05, 0.1) is 19.0 Å². The molecule has 0 saturated carbocycles. The zero-order valence-corrected chi connectivity index (χ0v) is 10.6. The first-order valence-electron chi connectivity index (χ1n) is 6.05. The van der Waals surface area contributed by atoms with Crippen molar-refractivity contribution in [2.75, 3.05) is 12.3 Å². The van der Waals surface area contributed by atoms with Gasteiger partial charge in [0.2, 0.25) is 0 Å². The highest BCUT2D eigenvalue weighted by Gasteiger charge is 2.46. The Hall–Kier alpha value is -2.49. The molecule has 4 atom stereocenters. The summed E-state index contributed by atoms with van der Waals surface area (Å²) in [4.78, 5) is 14.4. The minimum atomic E-state index is -1.65. The summed E-state index contributed by atoms with van der Waals surface area (Å²) in [6, 6.07) is -1.12. The number of nitrogens with two attached hydrogens (primary N) is 1. The Balaban J connectivity index is 2.03. The van der Waals surface area contributed by atoms with Gasteiger partial charge in [-0.25, -0.2) is 19.3 Å². The Morgan fingerprint density at radius 3 is 3.05 bits per heavy atom. The van der Waals surface area contributed by atoms with Crippen LogP contribution in [0.2, 0.25) is 0 Å². The summed E-state index contributed by atoms with van der Waals surface area (Å²) in [6.07, 6.45) is -1.15. The maximum atomic E-state index is 14.4. The first kappa shape index (κ1) is 13.5. The maximum absolute atomic E-state index is 14.4. The number of ether oxygens (including phenoxy) is 1. The third-order valence-electron chi connectivity index (χ3n) is 3.32. The Kier molecular flexibility index (Phi) is 3.29. The number of halogens is 1. The van der Waals surface area contributed by atoms with E-state index in [1.165, 1.54) is 17.2 Å². The Labute approximate surface area is 117 Å². The van der Waals surface area contributed by atoms with Gasteiger partial charge >= 0.3 is 0 Å². The van der Waals surface area contributed by atoms with Crippen molar-refractivity contribution in [3.8, 4) is 0 Å². The molecule has 2 aromatic rings. The zero-order chi connectivity index (χ0) is 15.0. The van der Waals surface area contributed by atoms with Gasteiger partial charge in [-0.1, -0.05) is 5.11 Å². The highest BCUT2D eigenvalue weighted by atomic mass is 19.1. The second-order valence-electron chi connectivity index (χ2n) is 4.47. The molecule has 1 saturated heterocycles. The van der Waals surface area contributed by atoms with Crippen LogP contribution in [-0.4, -0.2) is 49.5 Å². The molecule has 3 N–H and O–H groups in total. The summed E-state index contributed by atoms with van der Waals surface area (Å²) >= 11 is 0. The van der Waals surface area contributed by atoms with Gasteiger partial charge in [0, 0.05) is 4.91 Å². The number of nitrogens with zero attached hydrogens (tertiary/aromatic N) is 7. The fourth-order valence-electron chi connectivity index (χ4n) is 2.33. The molecule has 0 aliphatic carbocycles. The van der Waals surface area contributed by atoms with Crippen LogP contribution in [0, 0.1) is 0 Å². The number of nitrogen functional groups attached to an aromatic ring is 1. The van der Waals surface area contributed by atoms with Gasteiger partial charge in [-0.15, -0.1) is 0 Å². The van der Waals surface area contributed by atoms with Crippen LogP contribution in [0.4, 0.5) is 10.2 Å². The van der Waals surface area contributed by atoms with Gasteiger partial charge in [0.25, 0.3) is 0 Å². The average Bonchev–Trinajstić information content (AvgIpc) is 3.03. The number of alkyl halides is 1. The van der Waals surface area contributed by atoms with Gasteiger partial charge in [0.15, 0.2) is 23.9 Å². The number of fused-ring (bicyclic) bond motifs is 1. The predicted molar refractivity (Wildman–Crippen MR) is 68.6 cm³/mol. The lowest BCUT2D eigenvalue weighted by molar-refractivity contribution is -0.0360. The van der Waals surface area contributed by atoms with E-state index in [2.05, 4.69) is 25.0 Å². The Morgan fingerprint density at radius 1 is 1.52 bits per heavy atom. The first-order valence-corrected chi connectivity index (χ1v) is 6.05. The molecule has 21 heavy (non-hydrogen) atoms. The van der Waals surface area contributed by atoms with Crippen LogP contribution in [0.25, 0.3) is 21.6 Å². The fourth-order valence-corrected chi connectivity index (χ4v) is 2.33. The Bertz CT molecular complexity index is 714. The molecule has 11 heteroatoms. The van der Waals surface area contributed by atoms with Crippen LogP contribution in [0.15, 0.2) is 17.8 Å². The van der Waals surface area contributed by atoms with E-state index < -0.39 is 31.2 Å². The van der Waals surface area contributed by atoms with E-state index in [0.29, 0.717) is 11.2 Å². The summed E-state index contributed by atoms with van der Waals surface area (Å²) in [5.74, 6) is 0.164. The third-order valence-corrected chi connectivity index (χ3v) is 3.32. The summed E-state index contributed by atoms with van der Waals surface area (Å²) < 4.78 is 21.2. The number of azide groups is 1. The normalized spacial score (nSPS) is 28.7. The van der Waals surface area contributed by atoms with Crippen LogP contribution >= 0.6 is 0 Å². The molecule has 2 unspecified atom stereocenters. The molecule has 2 aromatic heterocycles. The predicted octanol–water partition coefficient (Wildman–Crippen LogP) is 0.315. The molecule has 0 bridgehead atoms. The summed E-state index contributed by atoms with van der Waals surface area (Å²) in [5, 5.41) is 12.6. The topological polar surface area (TPSA) is 148 Å². The molecule has 3 heterocycles. The molecule has 110 valence electrons. The zero-order valence-electron chi connectivity index (χ0n) is 10.6. The molecule has 1 aliphatic heterocycles. The van der Waals surface area contributed by atoms with Gasteiger partial charge in [-0.3, -0.25) is 4.57 Å². The number of aliphatic hydroxyl groups is 1. The maximum Gasteiger partial charge on any atom is 0.168 e. The number of anilines is 1. The van der Waals surface area contributed by atoms with E-state index in [1.54, 1.807) is 0 Å². The highest BCUT2D eigenvalue weighted by molar-refractivity contribution is 5.81. The molecular formula is C10H11FN8O2. The monoisotopic (exact) mass is 294 g/mol. The average molecular weight is 294 g/mol. The second-order valence-corrected chi connectivity index (χ2v) is 4.47. The van der Waals surface area contributed by atoms with Crippen LogP contribution < -0.4 is 5.73 Å². The van der Waals surface area contributed by atoms with E-state index in [0.717, 1.165) is 0 Å². The van der Waals surface area contributed by atoms with Crippen molar-refractivity contribution < 1.29 is 14.2 Å². The van der Waals surface area contributed by atoms with Crippen molar-refractivity contribution >= 4 is 17.0 Å². The van der Waals surface area contributed by atoms with E-state index in [1.807, 2.05) is 0 Å². The number of aliphatic hydroxyl groups excluding tert-OH is 1. The van der Waals surface area contributed by atoms with Crippen LogP contribution in [0.3, 0.4) is 0 Å². The molecule has 1 fully saturated rings. The highest BCUT2D eigenvalue weighted by Crippen LogP contribution is 2.35. The summed E-state index contributed by atoms with van der Waals surface area (Å²) in [5.41, 5.74) is 14.8. The molecule has 0 aromatic carbocycles. The third kappa shape index (κ3) is 2.03. The van der Waals surface area contributed by atoms with Crippen molar-refractivity contribution in [3.05, 3.63) is 23.1 Å². The van der Waals surface area contributed by atoms with Crippen molar-refractivity contribution in [2.45, 2.75) is 24.5 Å². The van der Waals surface area contributed by atoms with Crippen molar-refractivity contribution in [2.24, 2.45) is 5.11 Å². The van der Waals surface area contributed by atoms with E-state index in [4.69, 9.17) is 16.0 Å². The quantitative estimate of drug-likeness (QED) is 0.473. The van der Waals surface area contributed by atoms with Crippen molar-refractivity contribution in [1.29, 1.82) is 0 Å². The standard InChI is InChI=1S/C10H11FN8O2/c11-5-6(17-18-13)4(1-20)21-10(5)19-3-16-7-8(12)14-2-15-9(7)19/h2-6,10,20H,1H2,(H2,12,14,15)/t4-,5?,6?,10-/m1/s1. The summed E-state index contributed by atoms with van der Waals surface area (Å²) in [6.45, 7) is -0.468. The van der Waals surface area contributed by atoms with Gasteiger partial charge < -0.3 is 15.6 Å². The smallest absolute Gasteiger partial charge is 0.168 e. The van der Waals surface area contributed by atoms with Gasteiger partial charge in [-0.05, 0) is 5.53 Å². The van der Waals surface area contributed by atoms with Gasteiger partial charge in [0.1, 0.15) is 17.9 Å². The van der Waals surface area contributed by atoms with Crippen LogP contribution in [-0.2, 0) is 4.74 Å². The first-order chi connectivity index (χ1) is 10.2. The lowest BCUT2D eigenvalue weighted by Gasteiger charge is -2.15. The number of aromatic nitrogens is 4. The van der Waals surface area contributed by atoms with Crippen LogP contribution in [0.5, 0.6) is 0 Å². The molecule has 0 radical (unpaired) electrons. The van der Waals surface area contributed by atoms with Crippen molar-refractivity contribution in [1.82, 2.24) is 19.5 Å². The lowest BCUT2D eigenvalue weighted by Crippen LogP contribution is -2.28. The van der Waals surface area contributed by atoms with Gasteiger partial charge in [-0.2, -0.15) is 0 Å².